The van der Waals surface area contributed by atoms with Gasteiger partial charge < -0.3 is 0 Å². The summed E-state index contributed by atoms with van der Waals surface area (Å²) in [7, 11) is 3.05. The first-order valence-electron chi connectivity index (χ1n) is 9.50. The SMILES string of the molecule is C/C=C\CC(=O)N(C)OC.CC1=CSc2ccccc2C(C2=CC(Cl)=C(Cl)C=C=C2)=N1. The lowest BCUT2D eigenvalue weighted by Crippen LogP contribution is -2.24. The Hall–Kier alpha value is -2.27. The third kappa shape index (κ3) is 7.42. The van der Waals surface area contributed by atoms with E-state index in [0.29, 0.717) is 16.5 Å². The molecule has 0 unspecified atom stereocenters. The highest BCUT2D eigenvalue weighted by molar-refractivity contribution is 8.02. The average Bonchev–Trinajstić information content (AvgIpc) is 3.05. The van der Waals surface area contributed by atoms with Crippen molar-refractivity contribution >= 4 is 46.6 Å². The molecule has 0 fully saturated rings. The van der Waals surface area contributed by atoms with Crippen LogP contribution in [0.4, 0.5) is 0 Å². The third-order valence-corrected chi connectivity index (χ3v) is 5.96. The van der Waals surface area contributed by atoms with E-state index < -0.39 is 0 Å². The molecule has 0 N–H and O–H groups in total. The van der Waals surface area contributed by atoms with Gasteiger partial charge in [0.15, 0.2) is 0 Å². The first-order chi connectivity index (χ1) is 14.9. The molecule has 1 aliphatic heterocycles. The molecule has 162 valence electrons. The molecule has 1 aliphatic carbocycles. The zero-order valence-electron chi connectivity index (χ0n) is 17.9. The van der Waals surface area contributed by atoms with Gasteiger partial charge in [-0.2, -0.15) is 0 Å². The van der Waals surface area contributed by atoms with Gasteiger partial charge in [0, 0.05) is 41.3 Å². The first kappa shape index (κ1) is 25.0. The minimum Gasteiger partial charge on any atom is -0.275 e. The maximum absolute atomic E-state index is 10.9. The Balaban J connectivity index is 0.000000291. The molecule has 0 aromatic heterocycles. The quantitative estimate of drug-likeness (QED) is 0.275. The number of hydrogen-bond acceptors (Lipinski definition) is 4. The average molecular weight is 475 g/mol. The lowest BCUT2D eigenvalue weighted by molar-refractivity contribution is -0.167. The van der Waals surface area contributed by atoms with E-state index in [9.17, 15) is 4.79 Å². The van der Waals surface area contributed by atoms with E-state index >= 15 is 0 Å². The van der Waals surface area contributed by atoms with Crippen LogP contribution in [0.3, 0.4) is 0 Å². The lowest BCUT2D eigenvalue weighted by atomic mass is 10.0. The van der Waals surface area contributed by atoms with Gasteiger partial charge in [0.05, 0.1) is 22.9 Å². The highest BCUT2D eigenvalue weighted by Crippen LogP contribution is 2.32. The van der Waals surface area contributed by atoms with Crippen molar-refractivity contribution in [3.8, 4) is 0 Å². The second-order valence-electron chi connectivity index (χ2n) is 6.43. The normalized spacial score (nSPS) is 15.2. The molecule has 0 bridgehead atoms. The number of halogens is 2. The number of thioether (sulfide) groups is 1. The molecule has 3 rings (SSSR count). The Morgan fingerprint density at radius 3 is 2.71 bits per heavy atom. The Morgan fingerprint density at radius 2 is 2.00 bits per heavy atom. The number of carbonyl (C=O) groups excluding carboxylic acids is 1. The zero-order valence-corrected chi connectivity index (χ0v) is 20.2. The summed E-state index contributed by atoms with van der Waals surface area (Å²) in [6.07, 6.45) is 9.38. The topological polar surface area (TPSA) is 41.9 Å². The van der Waals surface area contributed by atoms with Gasteiger partial charge in [0.2, 0.25) is 5.91 Å². The van der Waals surface area contributed by atoms with E-state index in [1.54, 1.807) is 31.0 Å². The summed E-state index contributed by atoms with van der Waals surface area (Å²) in [5.74, 6) is -0.0411. The summed E-state index contributed by atoms with van der Waals surface area (Å²) in [6.45, 7) is 3.86. The number of rotatable bonds is 4. The van der Waals surface area contributed by atoms with E-state index in [-0.39, 0.29) is 5.91 Å². The van der Waals surface area contributed by atoms with Crippen LogP contribution in [0, 0.1) is 0 Å². The van der Waals surface area contributed by atoms with E-state index in [0.717, 1.165) is 22.5 Å². The lowest BCUT2D eigenvalue weighted by Gasteiger charge is -2.11. The van der Waals surface area contributed by atoms with Crippen LogP contribution in [0.5, 0.6) is 0 Å². The van der Waals surface area contributed by atoms with Crippen LogP contribution in [0.15, 0.2) is 97.0 Å². The molecular weight excluding hydrogens is 451 g/mol. The molecule has 0 radical (unpaired) electrons. The van der Waals surface area contributed by atoms with E-state index in [1.807, 2.05) is 49.6 Å². The van der Waals surface area contributed by atoms with Gasteiger partial charge in [-0.05, 0) is 37.5 Å². The fourth-order valence-corrected chi connectivity index (χ4v) is 3.59. The Bertz CT molecular complexity index is 1050. The molecule has 1 heterocycles. The van der Waals surface area contributed by atoms with Crippen LogP contribution in [0.1, 0.15) is 25.8 Å². The van der Waals surface area contributed by atoms with E-state index in [1.165, 1.54) is 17.1 Å². The number of benzene rings is 1. The van der Waals surface area contributed by atoms with Crippen molar-refractivity contribution in [2.24, 2.45) is 4.99 Å². The van der Waals surface area contributed by atoms with Crippen LogP contribution < -0.4 is 0 Å². The van der Waals surface area contributed by atoms with E-state index in [2.05, 4.69) is 22.7 Å². The first-order valence-corrected chi connectivity index (χ1v) is 11.1. The molecule has 1 amide bonds. The summed E-state index contributed by atoms with van der Waals surface area (Å²) in [5.41, 5.74) is 6.87. The molecule has 1 aromatic rings. The minimum absolute atomic E-state index is 0.0411. The van der Waals surface area contributed by atoms with Gasteiger partial charge in [0.1, 0.15) is 0 Å². The Kier molecular flexibility index (Phi) is 10.1. The van der Waals surface area contributed by atoms with Crippen molar-refractivity contribution in [1.82, 2.24) is 5.06 Å². The molecule has 0 spiro atoms. The molecule has 0 saturated carbocycles. The molecular formula is C24H24Cl2N2O2S. The number of fused-ring (bicyclic) bond motifs is 1. The second kappa shape index (κ2) is 12.6. The molecule has 0 atom stereocenters. The number of amides is 1. The van der Waals surface area contributed by atoms with Crippen molar-refractivity contribution in [3.05, 3.63) is 92.7 Å². The summed E-state index contributed by atoms with van der Waals surface area (Å²) < 4.78 is 0. The molecule has 1 aromatic carbocycles. The van der Waals surface area contributed by atoms with Crippen molar-refractivity contribution in [2.75, 3.05) is 14.2 Å². The standard InChI is InChI=1S/C17H11Cl2NS.C7H13NO2/c1-11-10-21-16-8-3-2-6-13(16)17(20-11)12-5-4-7-14(18)15(19)9-12;1-4-5-6-7(9)8(2)10-3/h2-3,5-10H,1H3;4-5H,6H2,1-3H3/b;5-4-. The van der Waals surface area contributed by atoms with Crippen molar-refractivity contribution < 1.29 is 9.63 Å². The smallest absolute Gasteiger partial charge is 0.249 e. The number of hydrogen-bond donors (Lipinski definition) is 0. The van der Waals surface area contributed by atoms with Gasteiger partial charge in [0.25, 0.3) is 0 Å². The van der Waals surface area contributed by atoms with Gasteiger partial charge >= 0.3 is 0 Å². The Morgan fingerprint density at radius 1 is 1.26 bits per heavy atom. The van der Waals surface area contributed by atoms with Gasteiger partial charge in [-0.15, -0.1) is 5.73 Å². The van der Waals surface area contributed by atoms with E-state index in [4.69, 9.17) is 28.2 Å². The molecule has 7 heteroatoms. The summed E-state index contributed by atoms with van der Waals surface area (Å²) in [6, 6.07) is 8.19. The number of allylic oxidation sites excluding steroid dienone is 7. The van der Waals surface area contributed by atoms with Gasteiger partial charge in [-0.25, -0.2) is 5.06 Å². The third-order valence-electron chi connectivity index (χ3n) is 4.17. The zero-order chi connectivity index (χ0) is 22.8. The van der Waals surface area contributed by atoms with Crippen molar-refractivity contribution in [3.63, 3.8) is 0 Å². The molecule has 4 nitrogen and oxygen atoms in total. The predicted molar refractivity (Wildman–Crippen MR) is 131 cm³/mol. The summed E-state index contributed by atoms with van der Waals surface area (Å²) in [4.78, 5) is 21.4. The highest BCUT2D eigenvalue weighted by Gasteiger charge is 2.16. The minimum atomic E-state index is -0.0411. The molecule has 31 heavy (non-hydrogen) atoms. The van der Waals surface area contributed by atoms with Crippen molar-refractivity contribution in [1.29, 1.82) is 0 Å². The summed E-state index contributed by atoms with van der Waals surface area (Å²) >= 11 is 13.9. The second-order valence-corrected chi connectivity index (χ2v) is 8.16. The highest BCUT2D eigenvalue weighted by atomic mass is 35.5. The van der Waals surface area contributed by atoms with Gasteiger partial charge in [-0.3, -0.25) is 14.6 Å². The molecule has 0 saturated heterocycles. The van der Waals surface area contributed by atoms with Gasteiger partial charge in [-0.1, -0.05) is 65.3 Å². The number of aliphatic imine (C=N–C) groups is 1. The van der Waals surface area contributed by atoms with Crippen LogP contribution in [-0.2, 0) is 9.63 Å². The van der Waals surface area contributed by atoms with Crippen LogP contribution >= 0.6 is 35.0 Å². The van der Waals surface area contributed by atoms with Crippen LogP contribution in [-0.4, -0.2) is 30.8 Å². The maximum atomic E-state index is 10.9. The maximum Gasteiger partial charge on any atom is 0.249 e. The molecule has 2 aliphatic rings. The van der Waals surface area contributed by atoms with Crippen LogP contribution in [0.25, 0.3) is 0 Å². The predicted octanol–water partition coefficient (Wildman–Crippen LogP) is 6.76. The Labute approximate surface area is 197 Å². The summed E-state index contributed by atoms with van der Waals surface area (Å²) in [5, 5.41) is 4.23. The van der Waals surface area contributed by atoms with Crippen LogP contribution in [0.2, 0.25) is 0 Å². The largest absolute Gasteiger partial charge is 0.275 e. The fraction of sp³-hybridized carbons (Fsp3) is 0.208. The fourth-order valence-electron chi connectivity index (χ4n) is 2.50. The van der Waals surface area contributed by atoms with Crippen molar-refractivity contribution in [2.45, 2.75) is 25.2 Å². The number of nitrogens with zero attached hydrogens (tertiary/aromatic N) is 2. The number of carbonyl (C=O) groups is 1. The monoisotopic (exact) mass is 474 g/mol. The number of hydroxylamine groups is 2.